The van der Waals surface area contributed by atoms with E-state index in [1.807, 2.05) is 20.8 Å². The third-order valence-electron chi connectivity index (χ3n) is 3.02. The first kappa shape index (κ1) is 16.6. The van der Waals surface area contributed by atoms with Gasteiger partial charge in [0, 0.05) is 25.8 Å². The van der Waals surface area contributed by atoms with Crippen LogP contribution in [0.3, 0.4) is 0 Å². The number of halogens is 2. The topological polar surface area (TPSA) is 57.2 Å². The van der Waals surface area contributed by atoms with Crippen LogP contribution in [0.4, 0.5) is 20.4 Å². The molecule has 0 unspecified atom stereocenters. The van der Waals surface area contributed by atoms with Gasteiger partial charge in [-0.25, -0.2) is 13.8 Å². The Balaban J connectivity index is 2.74. The number of aromatic nitrogens is 1. The van der Waals surface area contributed by atoms with Crippen molar-refractivity contribution < 1.29 is 13.9 Å². The maximum absolute atomic E-state index is 13.7. The number of aliphatic hydroxyl groups excluding tert-OH is 1. The molecule has 0 amide bonds. The molecule has 0 aliphatic heterocycles. The maximum Gasteiger partial charge on any atom is 0.168 e. The van der Waals surface area contributed by atoms with Crippen molar-refractivity contribution in [3.8, 4) is 0 Å². The summed E-state index contributed by atoms with van der Waals surface area (Å²) in [5.41, 5.74) is -0.108. The minimum atomic E-state index is -0.706. The highest BCUT2D eigenvalue weighted by atomic mass is 19.1. The molecule has 114 valence electrons. The van der Waals surface area contributed by atoms with Crippen LogP contribution in [-0.2, 0) is 0 Å². The van der Waals surface area contributed by atoms with Gasteiger partial charge >= 0.3 is 0 Å². The molecule has 20 heavy (non-hydrogen) atoms. The van der Waals surface area contributed by atoms with Gasteiger partial charge in [0.15, 0.2) is 23.3 Å². The number of aliphatic hydroxyl groups is 1. The largest absolute Gasteiger partial charge is 0.396 e. The minimum absolute atomic E-state index is 0.0411. The average Bonchev–Trinajstić information content (AvgIpc) is 2.38. The second-order valence-electron chi connectivity index (χ2n) is 5.52. The summed E-state index contributed by atoms with van der Waals surface area (Å²) in [6.45, 7) is 6.99. The standard InChI is InChI=1S/C14H23F2N3O/c1-4-17-12-10(15)8-11(16)13(19-12)18-9-14(2,3)6-5-7-20/h8,20H,4-7,9H2,1-3H3,(H2,17,18,19). The molecule has 4 nitrogen and oxygen atoms in total. The van der Waals surface area contributed by atoms with E-state index in [1.54, 1.807) is 0 Å². The Hall–Kier alpha value is -1.43. The lowest BCUT2D eigenvalue weighted by atomic mass is 9.88. The zero-order chi connectivity index (χ0) is 15.2. The van der Waals surface area contributed by atoms with Crippen molar-refractivity contribution >= 4 is 11.6 Å². The van der Waals surface area contributed by atoms with Gasteiger partial charge < -0.3 is 15.7 Å². The van der Waals surface area contributed by atoms with Gasteiger partial charge in [0.1, 0.15) is 0 Å². The number of pyridine rings is 1. The normalized spacial score (nSPS) is 11.5. The lowest BCUT2D eigenvalue weighted by molar-refractivity contribution is 0.247. The number of anilines is 2. The molecule has 0 aromatic carbocycles. The third-order valence-corrected chi connectivity index (χ3v) is 3.02. The summed E-state index contributed by atoms with van der Waals surface area (Å²) >= 11 is 0. The molecule has 0 radical (unpaired) electrons. The summed E-state index contributed by atoms with van der Waals surface area (Å²) in [7, 11) is 0. The number of hydrogen-bond acceptors (Lipinski definition) is 4. The zero-order valence-corrected chi connectivity index (χ0v) is 12.3. The second kappa shape index (κ2) is 7.38. The van der Waals surface area contributed by atoms with Crippen LogP contribution in [0.25, 0.3) is 0 Å². The molecule has 1 aromatic rings. The van der Waals surface area contributed by atoms with Crippen molar-refractivity contribution in [1.82, 2.24) is 4.98 Å². The molecule has 1 heterocycles. The smallest absolute Gasteiger partial charge is 0.168 e. The van der Waals surface area contributed by atoms with E-state index in [9.17, 15) is 8.78 Å². The molecular weight excluding hydrogens is 264 g/mol. The minimum Gasteiger partial charge on any atom is -0.396 e. The van der Waals surface area contributed by atoms with Gasteiger partial charge in [0.05, 0.1) is 0 Å². The molecule has 0 aliphatic carbocycles. The zero-order valence-electron chi connectivity index (χ0n) is 12.3. The van der Waals surface area contributed by atoms with Crippen molar-refractivity contribution in [1.29, 1.82) is 0 Å². The van der Waals surface area contributed by atoms with E-state index in [0.717, 1.165) is 12.5 Å². The predicted octanol–water partition coefficient (Wildman–Crippen LogP) is 3.00. The average molecular weight is 287 g/mol. The van der Waals surface area contributed by atoms with Crippen LogP contribution in [-0.4, -0.2) is 29.8 Å². The summed E-state index contributed by atoms with van der Waals surface area (Å²) < 4.78 is 27.1. The van der Waals surface area contributed by atoms with Gasteiger partial charge in [-0.05, 0) is 25.2 Å². The maximum atomic E-state index is 13.7. The Kier molecular flexibility index (Phi) is 6.13. The van der Waals surface area contributed by atoms with Crippen molar-refractivity contribution in [3.05, 3.63) is 17.7 Å². The lowest BCUT2D eigenvalue weighted by Gasteiger charge is -2.25. The second-order valence-corrected chi connectivity index (χ2v) is 5.52. The van der Waals surface area contributed by atoms with Crippen LogP contribution in [0.15, 0.2) is 6.07 Å². The van der Waals surface area contributed by atoms with Gasteiger partial charge in [-0.15, -0.1) is 0 Å². The summed E-state index contributed by atoms with van der Waals surface area (Å²) in [6, 6.07) is 0.827. The van der Waals surface area contributed by atoms with Crippen molar-refractivity contribution in [2.75, 3.05) is 30.3 Å². The van der Waals surface area contributed by atoms with E-state index in [-0.39, 0.29) is 23.7 Å². The van der Waals surface area contributed by atoms with Gasteiger partial charge in [0.25, 0.3) is 0 Å². The monoisotopic (exact) mass is 287 g/mol. The SMILES string of the molecule is CCNc1nc(NCC(C)(C)CCCO)c(F)cc1F. The van der Waals surface area contributed by atoms with E-state index in [0.29, 0.717) is 19.5 Å². The predicted molar refractivity (Wildman–Crippen MR) is 76.9 cm³/mol. The number of hydrogen-bond donors (Lipinski definition) is 3. The molecule has 0 saturated carbocycles. The number of nitrogens with one attached hydrogen (secondary N) is 2. The lowest BCUT2D eigenvalue weighted by Crippen LogP contribution is -2.24. The molecule has 3 N–H and O–H groups in total. The van der Waals surface area contributed by atoms with Gasteiger partial charge in [-0.2, -0.15) is 0 Å². The Morgan fingerprint density at radius 2 is 1.80 bits per heavy atom. The quantitative estimate of drug-likeness (QED) is 0.688. The van der Waals surface area contributed by atoms with Crippen LogP contribution in [0.1, 0.15) is 33.6 Å². The highest BCUT2D eigenvalue weighted by Gasteiger charge is 2.19. The Morgan fingerprint density at radius 1 is 1.20 bits per heavy atom. The summed E-state index contributed by atoms with van der Waals surface area (Å²) in [5, 5.41) is 14.5. The molecule has 6 heteroatoms. The van der Waals surface area contributed by atoms with Gasteiger partial charge in [0.2, 0.25) is 0 Å². The Bertz CT molecular complexity index is 439. The van der Waals surface area contributed by atoms with E-state index in [2.05, 4.69) is 15.6 Å². The van der Waals surface area contributed by atoms with Crippen molar-refractivity contribution in [2.24, 2.45) is 5.41 Å². The highest BCUT2D eigenvalue weighted by molar-refractivity contribution is 5.47. The van der Waals surface area contributed by atoms with Crippen LogP contribution in [0.5, 0.6) is 0 Å². The fourth-order valence-corrected chi connectivity index (χ4v) is 1.85. The van der Waals surface area contributed by atoms with Crippen LogP contribution >= 0.6 is 0 Å². The van der Waals surface area contributed by atoms with Crippen molar-refractivity contribution in [2.45, 2.75) is 33.6 Å². The third kappa shape index (κ3) is 4.92. The number of rotatable bonds is 8. The number of nitrogens with zero attached hydrogens (tertiary/aromatic N) is 1. The van der Waals surface area contributed by atoms with Gasteiger partial charge in [-0.3, -0.25) is 0 Å². The Labute approximate surface area is 118 Å². The summed E-state index contributed by atoms with van der Waals surface area (Å²) in [5.74, 6) is -1.32. The molecule has 0 saturated heterocycles. The molecule has 0 aliphatic rings. The van der Waals surface area contributed by atoms with Crippen molar-refractivity contribution in [3.63, 3.8) is 0 Å². The van der Waals surface area contributed by atoms with E-state index >= 15 is 0 Å². The fourth-order valence-electron chi connectivity index (χ4n) is 1.85. The Morgan fingerprint density at radius 3 is 2.35 bits per heavy atom. The highest BCUT2D eigenvalue weighted by Crippen LogP contribution is 2.24. The first-order valence-electron chi connectivity index (χ1n) is 6.84. The molecule has 1 aromatic heterocycles. The summed E-state index contributed by atoms with van der Waals surface area (Å²) in [6.07, 6.45) is 1.50. The molecule has 1 rings (SSSR count). The first-order valence-corrected chi connectivity index (χ1v) is 6.84. The van der Waals surface area contributed by atoms with E-state index < -0.39 is 11.6 Å². The fraction of sp³-hybridized carbons (Fsp3) is 0.643. The molecule has 0 bridgehead atoms. The molecular formula is C14H23F2N3O. The van der Waals surface area contributed by atoms with Crippen LogP contribution < -0.4 is 10.6 Å². The molecule has 0 atom stereocenters. The summed E-state index contributed by atoms with van der Waals surface area (Å²) in [4.78, 5) is 3.92. The van der Waals surface area contributed by atoms with Gasteiger partial charge in [-0.1, -0.05) is 13.8 Å². The molecule has 0 spiro atoms. The van der Waals surface area contributed by atoms with Crippen LogP contribution in [0.2, 0.25) is 0 Å². The van der Waals surface area contributed by atoms with E-state index in [4.69, 9.17) is 5.11 Å². The van der Waals surface area contributed by atoms with E-state index in [1.165, 1.54) is 0 Å². The first-order chi connectivity index (χ1) is 9.39. The van der Waals surface area contributed by atoms with Crippen LogP contribution in [0, 0.1) is 17.0 Å². The molecule has 0 fully saturated rings.